The molecule has 9 nitrogen and oxygen atoms in total. The summed E-state index contributed by atoms with van der Waals surface area (Å²) in [6.45, 7) is 0. The topological polar surface area (TPSA) is 104 Å². The maximum Gasteiger partial charge on any atom is 0.291 e. The van der Waals surface area contributed by atoms with Crippen LogP contribution in [0.4, 0.5) is 0 Å². The van der Waals surface area contributed by atoms with E-state index in [2.05, 4.69) is 20.5 Å². The van der Waals surface area contributed by atoms with Crippen LogP contribution in [-0.4, -0.2) is 50.5 Å². The predicted molar refractivity (Wildman–Crippen MR) is 115 cm³/mol. The van der Waals surface area contributed by atoms with Crippen molar-refractivity contribution in [3.8, 4) is 34.3 Å². The van der Waals surface area contributed by atoms with E-state index in [0.717, 1.165) is 11.3 Å². The van der Waals surface area contributed by atoms with Crippen LogP contribution in [0.3, 0.4) is 0 Å². The number of amides is 1. The fourth-order valence-electron chi connectivity index (χ4n) is 2.78. The van der Waals surface area contributed by atoms with Gasteiger partial charge in [0.25, 0.3) is 5.91 Å². The standard InChI is InChI=1S/C22H22N4O5/c1-28-16-7-5-14(6-8-16)18-12-23-13-19(25-18)22(27)26-24-11-15-9-17(29-2)10-20(30-3)21(15)31-4/h5-13H,1-4H3,(H,26,27). The lowest BCUT2D eigenvalue weighted by Crippen LogP contribution is -2.19. The lowest BCUT2D eigenvalue weighted by Gasteiger charge is -2.12. The fraction of sp³-hybridized carbons (Fsp3) is 0.182. The minimum atomic E-state index is -0.507. The van der Waals surface area contributed by atoms with E-state index in [0.29, 0.717) is 28.5 Å². The van der Waals surface area contributed by atoms with Crippen molar-refractivity contribution in [2.45, 2.75) is 0 Å². The van der Waals surface area contributed by atoms with Gasteiger partial charge in [0.15, 0.2) is 11.5 Å². The van der Waals surface area contributed by atoms with Gasteiger partial charge >= 0.3 is 0 Å². The Balaban J connectivity index is 1.77. The van der Waals surface area contributed by atoms with Crippen molar-refractivity contribution in [3.63, 3.8) is 0 Å². The summed E-state index contributed by atoms with van der Waals surface area (Å²) in [6.07, 6.45) is 4.38. The SMILES string of the molecule is COc1ccc(-c2cncc(C(=O)NN=Cc3cc(OC)cc(OC)c3OC)n2)cc1. The highest BCUT2D eigenvalue weighted by Gasteiger charge is 2.13. The molecule has 1 aromatic heterocycles. The summed E-state index contributed by atoms with van der Waals surface area (Å²) in [6, 6.07) is 10.7. The van der Waals surface area contributed by atoms with Crippen LogP contribution >= 0.6 is 0 Å². The van der Waals surface area contributed by atoms with Gasteiger partial charge in [-0.3, -0.25) is 9.78 Å². The molecule has 0 fully saturated rings. The molecule has 0 aliphatic heterocycles. The van der Waals surface area contributed by atoms with Gasteiger partial charge in [-0.2, -0.15) is 5.10 Å². The number of hydrazone groups is 1. The van der Waals surface area contributed by atoms with Gasteiger partial charge in [-0.05, 0) is 30.3 Å². The molecular formula is C22H22N4O5. The zero-order valence-electron chi connectivity index (χ0n) is 17.6. The number of aromatic nitrogens is 2. The number of hydrogen-bond donors (Lipinski definition) is 1. The van der Waals surface area contributed by atoms with E-state index in [1.165, 1.54) is 26.6 Å². The third-order valence-electron chi connectivity index (χ3n) is 4.34. The highest BCUT2D eigenvalue weighted by Crippen LogP contribution is 2.34. The summed E-state index contributed by atoms with van der Waals surface area (Å²) >= 11 is 0. The van der Waals surface area contributed by atoms with Gasteiger partial charge in [-0.1, -0.05) is 0 Å². The number of rotatable bonds is 8. The second-order valence-electron chi connectivity index (χ2n) is 6.17. The second-order valence-corrected chi connectivity index (χ2v) is 6.17. The van der Waals surface area contributed by atoms with E-state index in [1.807, 2.05) is 24.3 Å². The van der Waals surface area contributed by atoms with Crippen molar-refractivity contribution in [3.05, 3.63) is 60.0 Å². The minimum absolute atomic E-state index is 0.126. The van der Waals surface area contributed by atoms with Crippen molar-refractivity contribution < 1.29 is 23.7 Å². The van der Waals surface area contributed by atoms with Crippen molar-refractivity contribution >= 4 is 12.1 Å². The number of methoxy groups -OCH3 is 4. The summed E-state index contributed by atoms with van der Waals surface area (Å²) in [5.41, 5.74) is 4.49. The van der Waals surface area contributed by atoms with Crippen LogP contribution in [0.2, 0.25) is 0 Å². The third kappa shape index (κ3) is 5.08. The van der Waals surface area contributed by atoms with Crippen LogP contribution in [0.25, 0.3) is 11.3 Å². The molecule has 3 aromatic rings. The van der Waals surface area contributed by atoms with E-state index in [4.69, 9.17) is 18.9 Å². The number of benzene rings is 2. The molecule has 2 aromatic carbocycles. The monoisotopic (exact) mass is 422 g/mol. The quantitative estimate of drug-likeness (QED) is 0.440. The van der Waals surface area contributed by atoms with Crippen molar-refractivity contribution in [2.75, 3.05) is 28.4 Å². The van der Waals surface area contributed by atoms with Gasteiger partial charge in [-0.15, -0.1) is 0 Å². The van der Waals surface area contributed by atoms with Gasteiger partial charge < -0.3 is 18.9 Å². The van der Waals surface area contributed by atoms with Gasteiger partial charge in [0, 0.05) is 17.2 Å². The molecular weight excluding hydrogens is 400 g/mol. The summed E-state index contributed by atoms with van der Waals surface area (Å²) in [7, 11) is 6.17. The maximum atomic E-state index is 12.5. The van der Waals surface area contributed by atoms with E-state index in [1.54, 1.807) is 32.5 Å². The minimum Gasteiger partial charge on any atom is -0.497 e. The van der Waals surface area contributed by atoms with Crippen LogP contribution in [0.15, 0.2) is 53.9 Å². The Morgan fingerprint density at radius 3 is 2.32 bits per heavy atom. The average Bonchev–Trinajstić information content (AvgIpc) is 2.83. The number of nitrogens with one attached hydrogen (secondary N) is 1. The molecule has 160 valence electrons. The Labute approximate surface area is 179 Å². The van der Waals surface area contributed by atoms with Crippen LogP contribution in [0.5, 0.6) is 23.0 Å². The Bertz CT molecular complexity index is 1080. The number of carbonyl (C=O) groups excluding carboxylic acids is 1. The van der Waals surface area contributed by atoms with Crippen LogP contribution in [0, 0.1) is 0 Å². The molecule has 0 spiro atoms. The number of ether oxygens (including phenoxy) is 4. The first-order chi connectivity index (χ1) is 15.1. The van der Waals surface area contributed by atoms with E-state index < -0.39 is 5.91 Å². The van der Waals surface area contributed by atoms with Crippen LogP contribution in [0.1, 0.15) is 16.1 Å². The highest BCUT2D eigenvalue weighted by molar-refractivity contribution is 5.94. The van der Waals surface area contributed by atoms with Crippen molar-refractivity contribution in [1.29, 1.82) is 0 Å². The van der Waals surface area contributed by atoms with Crippen molar-refractivity contribution in [1.82, 2.24) is 15.4 Å². The molecule has 1 amide bonds. The lowest BCUT2D eigenvalue weighted by molar-refractivity contribution is 0.0950. The fourth-order valence-corrected chi connectivity index (χ4v) is 2.78. The van der Waals surface area contributed by atoms with Crippen molar-refractivity contribution in [2.24, 2.45) is 5.10 Å². The maximum absolute atomic E-state index is 12.5. The largest absolute Gasteiger partial charge is 0.497 e. The van der Waals surface area contributed by atoms with Gasteiger partial charge in [0.2, 0.25) is 0 Å². The Morgan fingerprint density at radius 1 is 0.935 bits per heavy atom. The molecule has 31 heavy (non-hydrogen) atoms. The first kappa shape index (κ1) is 21.6. The van der Waals surface area contributed by atoms with E-state index >= 15 is 0 Å². The van der Waals surface area contributed by atoms with Crippen LogP contribution < -0.4 is 24.4 Å². The Kier molecular flexibility index (Phi) is 7.00. The smallest absolute Gasteiger partial charge is 0.291 e. The van der Waals surface area contributed by atoms with Gasteiger partial charge in [0.05, 0.1) is 52.7 Å². The van der Waals surface area contributed by atoms with E-state index in [9.17, 15) is 4.79 Å². The molecule has 0 radical (unpaired) electrons. The zero-order chi connectivity index (χ0) is 22.2. The van der Waals surface area contributed by atoms with E-state index in [-0.39, 0.29) is 5.69 Å². The number of hydrogen-bond acceptors (Lipinski definition) is 8. The molecule has 0 saturated heterocycles. The first-order valence-electron chi connectivity index (χ1n) is 9.19. The third-order valence-corrected chi connectivity index (χ3v) is 4.34. The second kappa shape index (κ2) is 10.1. The van der Waals surface area contributed by atoms with Gasteiger partial charge in [0.1, 0.15) is 17.2 Å². The number of nitrogens with zero attached hydrogens (tertiary/aromatic N) is 3. The average molecular weight is 422 g/mol. The molecule has 0 atom stereocenters. The summed E-state index contributed by atoms with van der Waals surface area (Å²) < 4.78 is 21.1. The molecule has 0 aliphatic carbocycles. The summed E-state index contributed by atoms with van der Waals surface area (Å²) in [4.78, 5) is 21.0. The first-order valence-corrected chi connectivity index (χ1v) is 9.19. The Morgan fingerprint density at radius 2 is 1.68 bits per heavy atom. The molecule has 1 heterocycles. The summed E-state index contributed by atoms with van der Waals surface area (Å²) in [5, 5.41) is 4.00. The molecule has 0 saturated carbocycles. The number of carbonyl (C=O) groups is 1. The molecule has 0 unspecified atom stereocenters. The van der Waals surface area contributed by atoms with Gasteiger partial charge in [-0.25, -0.2) is 10.4 Å². The van der Waals surface area contributed by atoms with Crippen LogP contribution in [-0.2, 0) is 0 Å². The normalized spacial score (nSPS) is 10.6. The zero-order valence-corrected chi connectivity index (χ0v) is 17.6. The highest BCUT2D eigenvalue weighted by atomic mass is 16.5. The molecule has 1 N–H and O–H groups in total. The molecule has 3 rings (SSSR count). The lowest BCUT2D eigenvalue weighted by atomic mass is 10.1. The molecule has 0 aliphatic rings. The molecule has 9 heteroatoms. The summed E-state index contributed by atoms with van der Waals surface area (Å²) in [5.74, 6) is 1.72. The molecule has 0 bridgehead atoms. The predicted octanol–water partition coefficient (Wildman–Crippen LogP) is 2.94. The Hall–Kier alpha value is -4.14.